The van der Waals surface area contributed by atoms with Crippen LogP contribution in [0.15, 0.2) is 60.8 Å². The third kappa shape index (κ3) is 5.31. The van der Waals surface area contributed by atoms with Gasteiger partial charge in [-0.05, 0) is 43.2 Å². The third-order valence-electron chi connectivity index (χ3n) is 5.21. The summed E-state index contributed by atoms with van der Waals surface area (Å²) >= 11 is 5.96. The summed E-state index contributed by atoms with van der Waals surface area (Å²) in [4.78, 5) is 16.6. The molecule has 1 N–H and O–H groups in total. The number of nitrogens with one attached hydrogen (secondary N) is 1. The molecule has 0 aliphatic heterocycles. The number of aromatic nitrogens is 3. The number of aryl methyl sites for hydroxylation is 1. The Morgan fingerprint density at radius 1 is 1.29 bits per heavy atom. The summed E-state index contributed by atoms with van der Waals surface area (Å²) in [7, 11) is 1.73. The fourth-order valence-corrected chi connectivity index (χ4v) is 3.45. The number of anilines is 2. The van der Waals surface area contributed by atoms with Gasteiger partial charge in [-0.3, -0.25) is 14.9 Å². The van der Waals surface area contributed by atoms with Gasteiger partial charge in [-0.1, -0.05) is 43.3 Å². The van der Waals surface area contributed by atoms with E-state index in [0.29, 0.717) is 57.1 Å². The Balaban J connectivity index is 2.09. The lowest BCUT2D eigenvalue weighted by atomic mass is 10.0. The predicted molar refractivity (Wildman–Crippen MR) is 129 cm³/mol. The molecule has 3 aromatic rings. The Bertz CT molecular complexity index is 1280. The van der Waals surface area contributed by atoms with Crippen molar-refractivity contribution in [3.8, 4) is 0 Å². The largest absolute Gasteiger partial charge is 0.415 e. The molecule has 0 atom stereocenters. The number of hydrogen-bond acceptors (Lipinski definition) is 4. The molecule has 0 radical (unpaired) electrons. The summed E-state index contributed by atoms with van der Waals surface area (Å²) in [6.07, 6.45) is 2.09. The van der Waals surface area contributed by atoms with Gasteiger partial charge in [-0.15, -0.1) is 0 Å². The third-order valence-corrected chi connectivity index (χ3v) is 5.46. The molecule has 1 amide bonds. The van der Waals surface area contributed by atoms with Gasteiger partial charge in [-0.2, -0.15) is 18.3 Å². The average molecular weight is 490 g/mol. The first-order valence-corrected chi connectivity index (χ1v) is 10.7. The Hall–Kier alpha value is -3.59. The summed E-state index contributed by atoms with van der Waals surface area (Å²) < 4.78 is 39.9. The maximum atomic E-state index is 12.8. The van der Waals surface area contributed by atoms with Crippen molar-refractivity contribution in [2.75, 3.05) is 10.4 Å². The molecule has 0 unspecified atom stereocenters. The minimum absolute atomic E-state index is 0.508. The van der Waals surface area contributed by atoms with Crippen LogP contribution in [0.25, 0.3) is 16.6 Å². The van der Waals surface area contributed by atoms with Gasteiger partial charge in [0, 0.05) is 23.2 Å². The van der Waals surface area contributed by atoms with Crippen LogP contribution in [0, 0.1) is 6.92 Å². The van der Waals surface area contributed by atoms with Gasteiger partial charge in [-0.25, -0.2) is 9.99 Å². The molecule has 2 heterocycles. The molecule has 34 heavy (non-hydrogen) atoms. The highest BCUT2D eigenvalue weighted by atomic mass is 35.5. The number of pyridine rings is 1. The SMILES string of the molecule is C=C(/C=C\C=C(/CC)c1nc2c(cnn2C)c(NN(C=O)c2ccc(Cl)cc2)c1C)C(F)(F)F. The zero-order valence-corrected chi connectivity index (χ0v) is 19.6. The van der Waals surface area contributed by atoms with Crippen LogP contribution >= 0.6 is 11.6 Å². The minimum atomic E-state index is -4.49. The molecular formula is C24H23ClF3N5O. The number of halogens is 4. The summed E-state index contributed by atoms with van der Waals surface area (Å²) in [5.41, 5.74) is 5.87. The molecular weight excluding hydrogens is 467 g/mol. The van der Waals surface area contributed by atoms with E-state index < -0.39 is 11.7 Å². The standard InChI is InChI=1S/C24H23ClF3N5O/c1-5-17(8-6-7-15(2)24(26,27)28)21-16(3)22(20-13-29-32(4)23(20)30-21)31-33(14-34)19-11-9-18(25)10-12-19/h6-14H,2,5H2,1,3-4H3,(H,30,31)/b7-6-,17-8+. The molecule has 3 rings (SSSR count). The number of benzene rings is 1. The van der Waals surface area contributed by atoms with Crippen LogP contribution in [0.4, 0.5) is 24.5 Å². The highest BCUT2D eigenvalue weighted by Gasteiger charge is 2.29. The van der Waals surface area contributed by atoms with Crippen molar-refractivity contribution < 1.29 is 18.0 Å². The number of carbonyl (C=O) groups is 1. The number of rotatable bonds is 8. The van der Waals surface area contributed by atoms with E-state index in [2.05, 4.69) is 17.1 Å². The Morgan fingerprint density at radius 2 is 1.97 bits per heavy atom. The normalized spacial score (nSPS) is 12.4. The van der Waals surface area contributed by atoms with E-state index in [-0.39, 0.29) is 0 Å². The number of fused-ring (bicyclic) bond motifs is 1. The van der Waals surface area contributed by atoms with Gasteiger partial charge >= 0.3 is 6.18 Å². The van der Waals surface area contributed by atoms with Crippen LogP contribution in [0.3, 0.4) is 0 Å². The molecule has 6 nitrogen and oxygen atoms in total. The van der Waals surface area contributed by atoms with Crippen LogP contribution in [0.1, 0.15) is 24.6 Å². The predicted octanol–water partition coefficient (Wildman–Crippen LogP) is 6.39. The van der Waals surface area contributed by atoms with Crippen molar-refractivity contribution in [1.29, 1.82) is 0 Å². The maximum absolute atomic E-state index is 12.8. The summed E-state index contributed by atoms with van der Waals surface area (Å²) in [5.74, 6) is 0. The lowest BCUT2D eigenvalue weighted by molar-refractivity contribution is -0.107. The van der Waals surface area contributed by atoms with E-state index in [1.807, 2.05) is 13.8 Å². The fourth-order valence-electron chi connectivity index (χ4n) is 3.32. The lowest BCUT2D eigenvalue weighted by Gasteiger charge is -2.23. The number of hydrazine groups is 1. The van der Waals surface area contributed by atoms with E-state index in [4.69, 9.17) is 16.6 Å². The average Bonchev–Trinajstić information content (AvgIpc) is 3.16. The van der Waals surface area contributed by atoms with Crippen molar-refractivity contribution >= 4 is 46.0 Å². The molecule has 178 valence electrons. The second kappa shape index (κ2) is 10.1. The summed E-state index contributed by atoms with van der Waals surface area (Å²) in [5, 5.41) is 6.79. The molecule has 1 aromatic carbocycles. The highest BCUT2D eigenvalue weighted by Crippen LogP contribution is 2.33. The van der Waals surface area contributed by atoms with E-state index in [9.17, 15) is 18.0 Å². The van der Waals surface area contributed by atoms with Gasteiger partial charge in [0.2, 0.25) is 6.41 Å². The monoisotopic (exact) mass is 489 g/mol. The van der Waals surface area contributed by atoms with E-state index in [1.165, 1.54) is 11.1 Å². The first-order chi connectivity index (χ1) is 16.1. The second-order valence-corrected chi connectivity index (χ2v) is 7.89. The Labute approximate surface area is 200 Å². The number of carbonyl (C=O) groups excluding carboxylic acids is 1. The van der Waals surface area contributed by atoms with E-state index in [0.717, 1.165) is 6.08 Å². The Kier molecular flexibility index (Phi) is 7.46. The maximum Gasteiger partial charge on any atom is 0.415 e. The summed E-state index contributed by atoms with van der Waals surface area (Å²) in [6.45, 7) is 6.75. The van der Waals surface area contributed by atoms with E-state index >= 15 is 0 Å². The lowest BCUT2D eigenvalue weighted by Crippen LogP contribution is -2.28. The molecule has 0 spiro atoms. The van der Waals surface area contributed by atoms with Gasteiger partial charge in [0.05, 0.1) is 28.7 Å². The van der Waals surface area contributed by atoms with Crippen molar-refractivity contribution in [3.63, 3.8) is 0 Å². The molecule has 0 saturated carbocycles. The zero-order valence-electron chi connectivity index (χ0n) is 18.8. The van der Waals surface area contributed by atoms with Crippen molar-refractivity contribution in [2.24, 2.45) is 7.05 Å². The fraction of sp³-hybridized carbons (Fsp3) is 0.208. The molecule has 0 bridgehead atoms. The van der Waals surface area contributed by atoms with Crippen molar-refractivity contribution in [3.05, 3.63) is 77.1 Å². The highest BCUT2D eigenvalue weighted by molar-refractivity contribution is 6.30. The number of hydrogen-bond donors (Lipinski definition) is 1. The van der Waals surface area contributed by atoms with Crippen LogP contribution in [0.2, 0.25) is 5.02 Å². The van der Waals surface area contributed by atoms with Crippen LogP contribution in [-0.4, -0.2) is 27.4 Å². The van der Waals surface area contributed by atoms with Crippen molar-refractivity contribution in [2.45, 2.75) is 26.4 Å². The molecule has 0 aliphatic carbocycles. The number of amides is 1. The topological polar surface area (TPSA) is 63.1 Å². The molecule has 0 saturated heterocycles. The van der Waals surface area contributed by atoms with Gasteiger partial charge in [0.15, 0.2) is 5.65 Å². The zero-order chi connectivity index (χ0) is 25.0. The van der Waals surface area contributed by atoms with Crippen LogP contribution < -0.4 is 10.4 Å². The van der Waals surface area contributed by atoms with Gasteiger partial charge in [0.1, 0.15) is 0 Å². The first-order valence-electron chi connectivity index (χ1n) is 10.3. The Morgan fingerprint density at radius 3 is 2.56 bits per heavy atom. The van der Waals surface area contributed by atoms with Crippen LogP contribution in [-0.2, 0) is 11.8 Å². The van der Waals surface area contributed by atoms with Crippen LogP contribution in [0.5, 0.6) is 0 Å². The molecule has 2 aromatic heterocycles. The number of allylic oxidation sites excluding steroid dienone is 5. The van der Waals surface area contributed by atoms with Gasteiger partial charge in [0.25, 0.3) is 0 Å². The van der Waals surface area contributed by atoms with E-state index in [1.54, 1.807) is 48.3 Å². The second-order valence-electron chi connectivity index (χ2n) is 7.46. The van der Waals surface area contributed by atoms with Gasteiger partial charge < -0.3 is 0 Å². The molecule has 0 aliphatic rings. The number of nitrogens with zero attached hydrogens (tertiary/aromatic N) is 4. The number of alkyl halides is 3. The molecule has 10 heteroatoms. The summed E-state index contributed by atoms with van der Waals surface area (Å²) in [6, 6.07) is 6.71. The molecule has 0 fully saturated rings. The minimum Gasteiger partial charge on any atom is -0.290 e. The smallest absolute Gasteiger partial charge is 0.290 e. The quantitative estimate of drug-likeness (QED) is 0.226. The first kappa shape index (κ1) is 25.0. The van der Waals surface area contributed by atoms with Crippen molar-refractivity contribution in [1.82, 2.24) is 14.8 Å².